The number of halogens is 1. The van der Waals surface area contributed by atoms with E-state index in [1.807, 2.05) is 6.20 Å². The van der Waals surface area contributed by atoms with Gasteiger partial charge in [0, 0.05) is 53.9 Å². The molecule has 30 heavy (non-hydrogen) atoms. The molecule has 5 heteroatoms. The molecule has 0 bridgehead atoms. The molecule has 1 aliphatic carbocycles. The molecule has 2 aliphatic rings. The smallest absolute Gasteiger partial charge is 0.139 e. The fraction of sp³-hybridized carbons (Fsp3) is 0.320. The number of benzene rings is 2. The third kappa shape index (κ3) is 2.82. The molecule has 6 rings (SSSR count). The van der Waals surface area contributed by atoms with E-state index in [0.717, 1.165) is 30.5 Å². The van der Waals surface area contributed by atoms with E-state index >= 15 is 0 Å². The lowest BCUT2D eigenvalue weighted by Gasteiger charge is -2.45. The fourth-order valence-corrected chi connectivity index (χ4v) is 6.09. The maximum absolute atomic E-state index is 6.57. The highest BCUT2D eigenvalue weighted by molar-refractivity contribution is 6.32. The lowest BCUT2D eigenvalue weighted by molar-refractivity contribution is 0.104. The average Bonchev–Trinajstić information content (AvgIpc) is 3.35. The van der Waals surface area contributed by atoms with Gasteiger partial charge in [-0.3, -0.25) is 0 Å². The molecular weight excluding hydrogens is 392 g/mol. The summed E-state index contributed by atoms with van der Waals surface area (Å²) in [5.74, 6) is 2.19. The van der Waals surface area contributed by atoms with Gasteiger partial charge in [-0.25, -0.2) is 4.98 Å². The largest absolute Gasteiger partial charge is 0.345 e. The van der Waals surface area contributed by atoms with Crippen molar-refractivity contribution in [2.45, 2.75) is 31.3 Å². The summed E-state index contributed by atoms with van der Waals surface area (Å²) in [6.07, 6.45) is 6.28. The zero-order valence-corrected chi connectivity index (χ0v) is 17.8. The van der Waals surface area contributed by atoms with Crippen molar-refractivity contribution in [2.75, 3.05) is 13.6 Å². The van der Waals surface area contributed by atoms with Crippen LogP contribution in [0.2, 0.25) is 5.15 Å². The number of imidazole rings is 1. The number of rotatable bonds is 3. The second kappa shape index (κ2) is 7.00. The topological polar surface area (TPSA) is 36.9 Å². The summed E-state index contributed by atoms with van der Waals surface area (Å²) in [6.45, 7) is 2.09. The summed E-state index contributed by atoms with van der Waals surface area (Å²) < 4.78 is 2.33. The van der Waals surface area contributed by atoms with E-state index in [1.54, 1.807) is 0 Å². The van der Waals surface area contributed by atoms with Crippen molar-refractivity contribution < 1.29 is 0 Å². The Labute approximate surface area is 181 Å². The Morgan fingerprint density at radius 3 is 2.87 bits per heavy atom. The molecule has 0 unspecified atom stereocenters. The zero-order valence-electron chi connectivity index (χ0n) is 17.1. The number of hydrogen-bond donors (Lipinski definition) is 1. The molecule has 0 radical (unpaired) electrons. The molecule has 1 saturated heterocycles. The van der Waals surface area contributed by atoms with Gasteiger partial charge in [0.05, 0.1) is 0 Å². The van der Waals surface area contributed by atoms with Gasteiger partial charge >= 0.3 is 0 Å². The van der Waals surface area contributed by atoms with E-state index in [1.165, 1.54) is 34.0 Å². The molecule has 0 saturated carbocycles. The number of hydrogen-bond acceptors (Lipinski definition) is 2. The number of likely N-dealkylation sites (tertiary alicyclic amines) is 1. The molecule has 152 valence electrons. The Hall–Kier alpha value is -2.56. The van der Waals surface area contributed by atoms with E-state index < -0.39 is 0 Å². The summed E-state index contributed by atoms with van der Waals surface area (Å²) in [7, 11) is 2.28. The molecule has 4 nitrogen and oxygen atoms in total. The second-order valence-electron chi connectivity index (χ2n) is 8.88. The molecule has 2 aromatic heterocycles. The fourth-order valence-electron chi connectivity index (χ4n) is 5.81. The van der Waals surface area contributed by atoms with Crippen molar-refractivity contribution in [3.8, 4) is 11.4 Å². The standard InChI is InChI=1S/C25H25ClN4/c1-29-14-16(15-30-11-10-27-25(30)17-6-3-2-4-7-17)12-19-18-8-5-9-21-23(18)20(13-22(19)29)24(26)28-21/h2-11,16,19,22,28H,12-15H2,1H3/t16-,19-,22-/m1/s1. The van der Waals surface area contributed by atoms with Gasteiger partial charge in [-0.2, -0.15) is 0 Å². The molecule has 1 fully saturated rings. The second-order valence-corrected chi connectivity index (χ2v) is 9.25. The molecular formula is C25H25ClN4. The highest BCUT2D eigenvalue weighted by Crippen LogP contribution is 2.46. The summed E-state index contributed by atoms with van der Waals surface area (Å²) in [5, 5.41) is 2.18. The lowest BCUT2D eigenvalue weighted by atomic mass is 9.72. The Bertz CT molecular complexity index is 1210. The van der Waals surface area contributed by atoms with Crippen LogP contribution in [0.4, 0.5) is 0 Å². The summed E-state index contributed by atoms with van der Waals surface area (Å²) in [6, 6.07) is 17.6. The van der Waals surface area contributed by atoms with Crippen LogP contribution in [-0.2, 0) is 13.0 Å². The number of nitrogens with one attached hydrogen (secondary N) is 1. The number of piperidine rings is 1. The van der Waals surface area contributed by atoms with Crippen molar-refractivity contribution in [3.05, 3.63) is 77.2 Å². The van der Waals surface area contributed by atoms with Gasteiger partial charge in [0.2, 0.25) is 0 Å². The first-order valence-electron chi connectivity index (χ1n) is 10.7. The predicted octanol–water partition coefficient (Wildman–Crippen LogP) is 5.35. The van der Waals surface area contributed by atoms with Gasteiger partial charge in [-0.05, 0) is 43.0 Å². The monoisotopic (exact) mass is 416 g/mol. The van der Waals surface area contributed by atoms with Crippen LogP contribution in [-0.4, -0.2) is 39.1 Å². The maximum atomic E-state index is 6.57. The molecule has 2 aromatic carbocycles. The van der Waals surface area contributed by atoms with Crippen LogP contribution < -0.4 is 0 Å². The van der Waals surface area contributed by atoms with Crippen LogP contribution in [0, 0.1) is 5.92 Å². The van der Waals surface area contributed by atoms with Crippen molar-refractivity contribution in [1.82, 2.24) is 19.4 Å². The Balaban J connectivity index is 1.33. The van der Waals surface area contributed by atoms with Crippen LogP contribution >= 0.6 is 11.6 Å². The van der Waals surface area contributed by atoms with Gasteiger partial charge < -0.3 is 14.5 Å². The van der Waals surface area contributed by atoms with E-state index in [-0.39, 0.29) is 0 Å². The van der Waals surface area contributed by atoms with Crippen LogP contribution in [0.3, 0.4) is 0 Å². The number of nitrogens with zero attached hydrogens (tertiary/aromatic N) is 3. The molecule has 3 heterocycles. The van der Waals surface area contributed by atoms with Gasteiger partial charge in [-0.1, -0.05) is 54.1 Å². The maximum Gasteiger partial charge on any atom is 0.139 e. The molecule has 1 N–H and O–H groups in total. The average molecular weight is 417 g/mol. The third-order valence-corrected chi connectivity index (χ3v) is 7.41. The highest BCUT2D eigenvalue weighted by Gasteiger charge is 2.40. The first-order chi connectivity index (χ1) is 14.7. The van der Waals surface area contributed by atoms with Crippen LogP contribution in [0.15, 0.2) is 60.9 Å². The van der Waals surface area contributed by atoms with Crippen molar-refractivity contribution in [2.24, 2.45) is 5.92 Å². The van der Waals surface area contributed by atoms with E-state index in [0.29, 0.717) is 17.9 Å². The lowest BCUT2D eigenvalue weighted by Crippen LogP contribution is -2.48. The quantitative estimate of drug-likeness (QED) is 0.489. The molecule has 4 aromatic rings. The first-order valence-corrected chi connectivity index (χ1v) is 11.1. The van der Waals surface area contributed by atoms with Gasteiger partial charge in [0.25, 0.3) is 0 Å². The SMILES string of the molecule is CN1C[C@H](Cn2ccnc2-c2ccccc2)C[C@@H]2c3cccc4[nH]c(Cl)c(c34)C[C@H]21. The number of likely N-dealkylation sites (N-methyl/N-ethyl adjacent to an activating group) is 1. The van der Waals surface area contributed by atoms with E-state index in [4.69, 9.17) is 11.6 Å². The minimum Gasteiger partial charge on any atom is -0.345 e. The Morgan fingerprint density at radius 1 is 1.13 bits per heavy atom. The van der Waals surface area contributed by atoms with E-state index in [9.17, 15) is 0 Å². The molecule has 1 aliphatic heterocycles. The number of fused-ring (bicyclic) bond motifs is 2. The normalized spacial score (nSPS) is 23.6. The van der Waals surface area contributed by atoms with Gasteiger partial charge in [0.1, 0.15) is 11.0 Å². The predicted molar refractivity (Wildman–Crippen MR) is 122 cm³/mol. The number of aromatic amines is 1. The van der Waals surface area contributed by atoms with Crippen LogP contribution in [0.25, 0.3) is 22.3 Å². The third-order valence-electron chi connectivity index (χ3n) is 7.09. The van der Waals surface area contributed by atoms with E-state index in [2.05, 4.69) is 81.2 Å². The Morgan fingerprint density at radius 2 is 2.00 bits per heavy atom. The molecule has 0 spiro atoms. The Kier molecular flexibility index (Phi) is 4.25. The summed E-state index contributed by atoms with van der Waals surface area (Å²) in [4.78, 5) is 10.6. The highest BCUT2D eigenvalue weighted by atomic mass is 35.5. The first kappa shape index (κ1) is 18.2. The zero-order chi connectivity index (χ0) is 20.2. The summed E-state index contributed by atoms with van der Waals surface area (Å²) in [5.41, 5.74) is 5.12. The molecule has 0 amide bonds. The van der Waals surface area contributed by atoms with Crippen LogP contribution in [0.1, 0.15) is 23.5 Å². The summed E-state index contributed by atoms with van der Waals surface area (Å²) >= 11 is 6.57. The van der Waals surface area contributed by atoms with Gasteiger partial charge in [0.15, 0.2) is 0 Å². The van der Waals surface area contributed by atoms with Crippen molar-refractivity contribution in [3.63, 3.8) is 0 Å². The van der Waals surface area contributed by atoms with Crippen LogP contribution in [0.5, 0.6) is 0 Å². The minimum absolute atomic E-state index is 0.518. The number of aromatic nitrogens is 3. The minimum atomic E-state index is 0.518. The van der Waals surface area contributed by atoms with Crippen molar-refractivity contribution >= 4 is 22.5 Å². The molecule has 3 atom stereocenters. The van der Waals surface area contributed by atoms with Crippen molar-refractivity contribution in [1.29, 1.82) is 0 Å². The van der Waals surface area contributed by atoms with Gasteiger partial charge in [-0.15, -0.1) is 0 Å². The number of H-pyrrole nitrogens is 1.